The molecule has 14 heteroatoms. The van der Waals surface area contributed by atoms with Crippen LogP contribution in [0.15, 0.2) is 61.2 Å². The summed E-state index contributed by atoms with van der Waals surface area (Å²) in [5.41, 5.74) is 2.26. The molecular weight excluding hydrogens is 514 g/mol. The summed E-state index contributed by atoms with van der Waals surface area (Å²) in [7, 11) is -2.29. The van der Waals surface area contributed by atoms with E-state index in [9.17, 15) is 23.3 Å². The molecule has 0 saturated carbocycles. The minimum atomic E-state index is -3.95. The summed E-state index contributed by atoms with van der Waals surface area (Å²) in [6.45, 7) is 3.05. The predicted molar refractivity (Wildman–Crippen MR) is 135 cm³/mol. The monoisotopic (exact) mass is 533 g/mol. The molecule has 3 aromatic heterocycles. The molecular formula is C24H19N7O6S. The molecule has 2 aromatic carbocycles. The molecule has 0 saturated heterocycles. The van der Waals surface area contributed by atoms with E-state index < -0.39 is 21.7 Å². The number of hydrogen-bond acceptors (Lipinski definition) is 9. The summed E-state index contributed by atoms with van der Waals surface area (Å²) in [5.74, 6) is -1.05. The minimum Gasteiger partial charge on any atom is -0.360 e. The Bertz CT molecular complexity index is 1920. The first-order valence-electron chi connectivity index (χ1n) is 11.0. The zero-order chi connectivity index (χ0) is 27.2. The van der Waals surface area contributed by atoms with Crippen molar-refractivity contribution in [3.05, 3.63) is 75.7 Å². The van der Waals surface area contributed by atoms with Gasteiger partial charge in [0, 0.05) is 18.0 Å². The van der Waals surface area contributed by atoms with Crippen LogP contribution < -0.4 is 15.8 Å². The van der Waals surface area contributed by atoms with Crippen LogP contribution in [0.25, 0.3) is 22.3 Å². The SMILES string of the molecule is Cc1noc(C)c1S(=O)(=O)Nc1ccc2cc(C(=O)Nc3ccc(C#N)cc3-c3noc(=O)[nH]3)n(C)c2c1. The van der Waals surface area contributed by atoms with Gasteiger partial charge in [-0.05, 0) is 50.2 Å². The van der Waals surface area contributed by atoms with Crippen LogP contribution in [0.4, 0.5) is 11.4 Å². The summed E-state index contributed by atoms with van der Waals surface area (Å²) in [4.78, 5) is 27.1. The molecule has 0 spiro atoms. The third kappa shape index (κ3) is 4.31. The fourth-order valence-electron chi connectivity index (χ4n) is 4.13. The third-order valence-electron chi connectivity index (χ3n) is 5.86. The maximum Gasteiger partial charge on any atom is 0.439 e. The number of fused-ring (bicyclic) bond motifs is 1. The van der Waals surface area contributed by atoms with E-state index in [1.165, 1.54) is 32.0 Å². The molecule has 0 aliphatic carbocycles. The van der Waals surface area contributed by atoms with E-state index in [0.717, 1.165) is 0 Å². The highest BCUT2D eigenvalue weighted by molar-refractivity contribution is 7.92. The normalized spacial score (nSPS) is 11.4. The third-order valence-corrected chi connectivity index (χ3v) is 7.48. The standard InChI is InChI=1S/C24H19N7O6S/c1-12-21(13(2)36-28-12)38(34,35)30-16-6-5-15-9-20(31(3)19(15)10-16)23(32)26-18-7-4-14(11-25)8-17(18)22-27-24(33)37-29-22/h4-10,30H,1-3H3,(H,26,32)(H,27,29,33). The Kier molecular flexibility index (Phi) is 5.84. The Morgan fingerprint density at radius 2 is 1.89 bits per heavy atom. The van der Waals surface area contributed by atoms with Crippen molar-refractivity contribution in [1.29, 1.82) is 5.26 Å². The summed E-state index contributed by atoms with van der Waals surface area (Å²) < 4.78 is 39.5. The highest BCUT2D eigenvalue weighted by Crippen LogP contribution is 2.29. The van der Waals surface area contributed by atoms with E-state index in [1.54, 1.807) is 35.9 Å². The molecule has 0 atom stereocenters. The molecule has 3 N–H and O–H groups in total. The Labute approximate surface area is 214 Å². The van der Waals surface area contributed by atoms with Gasteiger partial charge >= 0.3 is 5.76 Å². The van der Waals surface area contributed by atoms with Gasteiger partial charge in [-0.1, -0.05) is 16.4 Å². The minimum absolute atomic E-state index is 0.0313. The molecule has 13 nitrogen and oxygen atoms in total. The zero-order valence-electron chi connectivity index (χ0n) is 20.2. The highest BCUT2D eigenvalue weighted by atomic mass is 32.2. The first-order valence-corrected chi connectivity index (χ1v) is 12.5. The van der Waals surface area contributed by atoms with Crippen molar-refractivity contribution in [3.8, 4) is 17.5 Å². The maximum absolute atomic E-state index is 13.3. The summed E-state index contributed by atoms with van der Waals surface area (Å²) >= 11 is 0. The lowest BCUT2D eigenvalue weighted by Crippen LogP contribution is -2.16. The molecule has 3 heterocycles. The van der Waals surface area contributed by atoms with Crippen molar-refractivity contribution >= 4 is 38.2 Å². The van der Waals surface area contributed by atoms with Gasteiger partial charge in [0.1, 0.15) is 11.4 Å². The number of nitrogens with zero attached hydrogens (tertiary/aromatic N) is 4. The second-order valence-corrected chi connectivity index (χ2v) is 10.0. The van der Waals surface area contributed by atoms with Gasteiger partial charge in [-0.2, -0.15) is 5.26 Å². The number of anilines is 2. The molecule has 5 rings (SSSR count). The molecule has 0 unspecified atom stereocenters. The van der Waals surface area contributed by atoms with Gasteiger partial charge in [0.25, 0.3) is 15.9 Å². The molecule has 5 aromatic rings. The van der Waals surface area contributed by atoms with Crippen molar-refractivity contribution in [3.63, 3.8) is 0 Å². The number of aromatic amines is 1. The molecule has 38 heavy (non-hydrogen) atoms. The number of amides is 1. The Morgan fingerprint density at radius 1 is 1.11 bits per heavy atom. The van der Waals surface area contributed by atoms with Gasteiger partial charge in [-0.25, -0.2) is 13.2 Å². The average Bonchev–Trinajstić information content (AvgIpc) is 3.56. The second kappa shape index (κ2) is 9.05. The fourth-order valence-corrected chi connectivity index (χ4v) is 5.51. The van der Waals surface area contributed by atoms with Crippen molar-refractivity contribution in [2.45, 2.75) is 18.7 Å². The number of benzene rings is 2. The van der Waals surface area contributed by atoms with Crippen molar-refractivity contribution < 1.29 is 22.3 Å². The number of carbonyl (C=O) groups is 1. The quantitative estimate of drug-likeness (QED) is 0.294. The van der Waals surface area contributed by atoms with Crippen LogP contribution in [-0.2, 0) is 17.1 Å². The van der Waals surface area contributed by atoms with Gasteiger partial charge in [0.05, 0.1) is 28.5 Å². The fraction of sp³-hybridized carbons (Fsp3) is 0.125. The number of aromatic nitrogens is 4. The molecule has 1 amide bonds. The Morgan fingerprint density at radius 3 is 2.55 bits per heavy atom. The summed E-state index contributed by atoms with van der Waals surface area (Å²) in [5, 5.41) is 20.1. The van der Waals surface area contributed by atoms with Gasteiger partial charge in [0.2, 0.25) is 0 Å². The van der Waals surface area contributed by atoms with Crippen molar-refractivity contribution in [2.24, 2.45) is 7.05 Å². The smallest absolute Gasteiger partial charge is 0.360 e. The van der Waals surface area contributed by atoms with Crippen LogP contribution in [0.2, 0.25) is 0 Å². The van der Waals surface area contributed by atoms with Gasteiger partial charge in [0.15, 0.2) is 16.5 Å². The maximum atomic E-state index is 13.3. The molecule has 192 valence electrons. The van der Waals surface area contributed by atoms with Crippen LogP contribution >= 0.6 is 0 Å². The molecule has 0 fully saturated rings. The number of carbonyl (C=O) groups excluding carboxylic acids is 1. The first-order chi connectivity index (χ1) is 18.1. The lowest BCUT2D eigenvalue weighted by atomic mass is 10.1. The Hall–Kier alpha value is -5.16. The second-order valence-electron chi connectivity index (χ2n) is 8.39. The Balaban J connectivity index is 1.47. The van der Waals surface area contributed by atoms with Crippen LogP contribution in [0.1, 0.15) is 27.5 Å². The zero-order valence-corrected chi connectivity index (χ0v) is 21.0. The van der Waals surface area contributed by atoms with Crippen molar-refractivity contribution in [1.82, 2.24) is 19.9 Å². The van der Waals surface area contributed by atoms with Crippen molar-refractivity contribution in [2.75, 3.05) is 10.0 Å². The first kappa shape index (κ1) is 24.5. The van der Waals surface area contributed by atoms with E-state index in [2.05, 4.69) is 29.9 Å². The van der Waals surface area contributed by atoms with Crippen LogP contribution in [0.3, 0.4) is 0 Å². The number of sulfonamides is 1. The van der Waals surface area contributed by atoms with Gasteiger partial charge < -0.3 is 14.4 Å². The number of H-pyrrole nitrogens is 1. The highest BCUT2D eigenvalue weighted by Gasteiger charge is 2.25. The van der Waals surface area contributed by atoms with Crippen LogP contribution in [0, 0.1) is 25.2 Å². The van der Waals surface area contributed by atoms with Crippen LogP contribution in [-0.4, -0.2) is 34.2 Å². The summed E-state index contributed by atoms with van der Waals surface area (Å²) in [6, 6.07) is 13.0. The van der Waals surface area contributed by atoms with E-state index in [-0.39, 0.29) is 50.4 Å². The van der Waals surface area contributed by atoms with E-state index in [0.29, 0.717) is 10.9 Å². The van der Waals surface area contributed by atoms with E-state index in [4.69, 9.17) is 4.52 Å². The lowest BCUT2D eigenvalue weighted by Gasteiger charge is -2.11. The molecule has 0 radical (unpaired) electrons. The molecule has 0 bridgehead atoms. The topological polar surface area (TPSA) is 189 Å². The summed E-state index contributed by atoms with van der Waals surface area (Å²) in [6.07, 6.45) is 0. The number of aryl methyl sites for hydroxylation is 3. The molecule has 0 aliphatic heterocycles. The predicted octanol–water partition coefficient (Wildman–Crippen LogP) is 3.05. The molecule has 0 aliphatic rings. The number of nitrogens with one attached hydrogen (secondary N) is 3. The lowest BCUT2D eigenvalue weighted by molar-refractivity contribution is 0.101. The van der Waals surface area contributed by atoms with Gasteiger partial charge in [-0.15, -0.1) is 0 Å². The number of hydrogen-bond donors (Lipinski definition) is 3. The largest absolute Gasteiger partial charge is 0.439 e. The number of rotatable bonds is 6. The van der Waals surface area contributed by atoms with Crippen LogP contribution in [0.5, 0.6) is 0 Å². The number of nitriles is 1. The van der Waals surface area contributed by atoms with E-state index in [1.807, 2.05) is 6.07 Å². The van der Waals surface area contributed by atoms with Gasteiger partial charge in [-0.3, -0.25) is 19.0 Å². The van der Waals surface area contributed by atoms with E-state index >= 15 is 0 Å². The average molecular weight is 534 g/mol.